The second-order valence-corrected chi connectivity index (χ2v) is 9.10. The van der Waals surface area contributed by atoms with Crippen LogP contribution in [-0.2, 0) is 20.7 Å². The molecule has 2 aliphatic rings. The number of methoxy groups -OCH3 is 1. The second kappa shape index (κ2) is 10.8. The molecular weight excluding hydrogens is 416 g/mol. The number of nitrogens with one attached hydrogen (secondary N) is 1. The van der Waals surface area contributed by atoms with Crippen molar-refractivity contribution in [2.45, 2.75) is 38.5 Å². The summed E-state index contributed by atoms with van der Waals surface area (Å²) in [6.45, 7) is 3.36. The van der Waals surface area contributed by atoms with Crippen LogP contribution in [0.15, 0.2) is 48.5 Å². The van der Waals surface area contributed by atoms with Crippen LogP contribution in [0, 0.1) is 5.41 Å². The van der Waals surface area contributed by atoms with E-state index in [4.69, 9.17) is 9.47 Å². The topological polar surface area (TPSA) is 67.9 Å². The summed E-state index contributed by atoms with van der Waals surface area (Å²) in [5.74, 6) is 1.16. The molecule has 2 heterocycles. The molecule has 2 aliphatic heterocycles. The normalized spacial score (nSPS) is 17.7. The van der Waals surface area contributed by atoms with E-state index in [1.54, 1.807) is 7.11 Å². The fourth-order valence-electron chi connectivity index (χ4n) is 4.90. The number of amides is 2. The average molecular weight is 451 g/mol. The van der Waals surface area contributed by atoms with Crippen molar-refractivity contribution >= 4 is 11.8 Å². The molecule has 2 saturated heterocycles. The minimum atomic E-state index is -0.464. The molecule has 0 aliphatic carbocycles. The lowest BCUT2D eigenvalue weighted by Crippen LogP contribution is -2.46. The van der Waals surface area contributed by atoms with E-state index in [1.165, 1.54) is 0 Å². The molecule has 0 bridgehead atoms. The van der Waals surface area contributed by atoms with Crippen molar-refractivity contribution in [2.75, 3.05) is 40.0 Å². The Balaban J connectivity index is 1.42. The number of benzene rings is 2. The van der Waals surface area contributed by atoms with Crippen LogP contribution in [0.1, 0.15) is 37.7 Å². The number of rotatable bonds is 9. The monoisotopic (exact) mass is 450 g/mol. The van der Waals surface area contributed by atoms with Crippen molar-refractivity contribution in [3.8, 4) is 16.9 Å². The molecule has 33 heavy (non-hydrogen) atoms. The predicted octanol–water partition coefficient (Wildman–Crippen LogP) is 3.83. The van der Waals surface area contributed by atoms with Crippen molar-refractivity contribution < 1.29 is 19.1 Å². The first kappa shape index (κ1) is 23.3. The fraction of sp³-hybridized carbons (Fsp3) is 0.481. The summed E-state index contributed by atoms with van der Waals surface area (Å²) in [5.41, 5.74) is 2.90. The number of likely N-dealkylation sites (tertiary alicyclic amines) is 1. The first-order valence-corrected chi connectivity index (χ1v) is 12.0. The number of hydrogen-bond donors (Lipinski definition) is 1. The molecular formula is C27H34N2O4. The molecule has 0 atom stereocenters. The van der Waals surface area contributed by atoms with Crippen LogP contribution in [0.25, 0.3) is 11.1 Å². The third-order valence-corrected chi connectivity index (χ3v) is 6.87. The van der Waals surface area contributed by atoms with Gasteiger partial charge in [0, 0.05) is 39.3 Å². The SMILES string of the molecule is COc1cccc(-c2cccc(CC3(C(=O)NCCCN4CCCC4=O)CCOCC3)c2)c1. The van der Waals surface area contributed by atoms with Crippen molar-refractivity contribution in [1.82, 2.24) is 10.2 Å². The molecule has 6 nitrogen and oxygen atoms in total. The van der Waals surface area contributed by atoms with Crippen molar-refractivity contribution in [3.63, 3.8) is 0 Å². The van der Waals surface area contributed by atoms with Gasteiger partial charge in [0.2, 0.25) is 11.8 Å². The number of ether oxygens (including phenoxy) is 2. The van der Waals surface area contributed by atoms with Gasteiger partial charge in [0.1, 0.15) is 5.75 Å². The van der Waals surface area contributed by atoms with Gasteiger partial charge in [0.25, 0.3) is 0 Å². The van der Waals surface area contributed by atoms with Crippen LogP contribution in [0.4, 0.5) is 0 Å². The Morgan fingerprint density at radius 3 is 2.61 bits per heavy atom. The molecule has 0 radical (unpaired) electrons. The second-order valence-electron chi connectivity index (χ2n) is 9.10. The van der Waals surface area contributed by atoms with Gasteiger partial charge in [-0.25, -0.2) is 0 Å². The molecule has 0 spiro atoms. The smallest absolute Gasteiger partial charge is 0.226 e. The van der Waals surface area contributed by atoms with Gasteiger partial charge in [-0.15, -0.1) is 0 Å². The highest BCUT2D eigenvalue weighted by Gasteiger charge is 2.40. The zero-order valence-electron chi connectivity index (χ0n) is 19.5. The summed E-state index contributed by atoms with van der Waals surface area (Å²) in [5, 5.41) is 3.16. The quantitative estimate of drug-likeness (QED) is 0.590. The van der Waals surface area contributed by atoms with Gasteiger partial charge >= 0.3 is 0 Å². The van der Waals surface area contributed by atoms with Crippen LogP contribution >= 0.6 is 0 Å². The standard InChI is InChI=1S/C27H34N2O4/c1-32-24-9-3-8-23(19-24)22-7-2-6-21(18-22)20-27(11-16-33-17-12-27)26(31)28-13-5-15-29-14-4-10-25(29)30/h2-3,6-9,18-19H,4-5,10-17,20H2,1H3,(H,28,31). The van der Waals surface area contributed by atoms with Gasteiger partial charge in [-0.1, -0.05) is 36.4 Å². The Morgan fingerprint density at radius 2 is 1.88 bits per heavy atom. The fourth-order valence-corrected chi connectivity index (χ4v) is 4.90. The Labute approximate surface area is 196 Å². The zero-order chi connectivity index (χ0) is 23.1. The van der Waals surface area contributed by atoms with Crippen LogP contribution in [0.3, 0.4) is 0 Å². The summed E-state index contributed by atoms with van der Waals surface area (Å²) >= 11 is 0. The minimum absolute atomic E-state index is 0.102. The summed E-state index contributed by atoms with van der Waals surface area (Å²) in [6, 6.07) is 16.5. The predicted molar refractivity (Wildman–Crippen MR) is 128 cm³/mol. The highest BCUT2D eigenvalue weighted by Crippen LogP contribution is 2.36. The minimum Gasteiger partial charge on any atom is -0.497 e. The number of nitrogens with zero attached hydrogens (tertiary/aromatic N) is 1. The molecule has 176 valence electrons. The van der Waals surface area contributed by atoms with E-state index in [-0.39, 0.29) is 11.8 Å². The van der Waals surface area contributed by atoms with E-state index < -0.39 is 5.41 Å². The lowest BCUT2D eigenvalue weighted by atomic mass is 9.74. The molecule has 2 aromatic rings. The molecule has 4 rings (SSSR count). The van der Waals surface area contributed by atoms with Gasteiger partial charge in [0.05, 0.1) is 12.5 Å². The Morgan fingerprint density at radius 1 is 1.12 bits per heavy atom. The lowest BCUT2D eigenvalue weighted by Gasteiger charge is -2.36. The van der Waals surface area contributed by atoms with E-state index in [1.807, 2.05) is 23.1 Å². The molecule has 0 saturated carbocycles. The van der Waals surface area contributed by atoms with E-state index in [9.17, 15) is 9.59 Å². The molecule has 0 aromatic heterocycles. The van der Waals surface area contributed by atoms with Gasteiger partial charge in [-0.2, -0.15) is 0 Å². The van der Waals surface area contributed by atoms with Crippen LogP contribution in [-0.4, -0.2) is 56.7 Å². The summed E-state index contributed by atoms with van der Waals surface area (Å²) in [7, 11) is 1.67. The largest absolute Gasteiger partial charge is 0.497 e. The number of carbonyl (C=O) groups excluding carboxylic acids is 2. The number of carbonyl (C=O) groups is 2. The summed E-state index contributed by atoms with van der Waals surface area (Å²) < 4.78 is 11.0. The molecule has 2 fully saturated rings. The van der Waals surface area contributed by atoms with Gasteiger partial charge in [-0.05, 0) is 60.9 Å². The lowest BCUT2D eigenvalue weighted by molar-refractivity contribution is -0.136. The van der Waals surface area contributed by atoms with E-state index in [0.717, 1.165) is 48.4 Å². The maximum absolute atomic E-state index is 13.4. The van der Waals surface area contributed by atoms with Crippen molar-refractivity contribution in [2.24, 2.45) is 5.41 Å². The van der Waals surface area contributed by atoms with Gasteiger partial charge in [-0.3, -0.25) is 9.59 Å². The molecule has 2 amide bonds. The maximum atomic E-state index is 13.4. The van der Waals surface area contributed by atoms with Crippen molar-refractivity contribution in [3.05, 3.63) is 54.1 Å². The molecule has 6 heteroatoms. The van der Waals surface area contributed by atoms with E-state index in [2.05, 4.69) is 35.6 Å². The summed E-state index contributed by atoms with van der Waals surface area (Å²) in [6.07, 6.45) is 4.51. The average Bonchev–Trinajstić information content (AvgIpc) is 3.27. The zero-order valence-corrected chi connectivity index (χ0v) is 19.5. The maximum Gasteiger partial charge on any atom is 0.226 e. The highest BCUT2D eigenvalue weighted by molar-refractivity contribution is 5.83. The van der Waals surface area contributed by atoms with E-state index >= 15 is 0 Å². The number of hydrogen-bond acceptors (Lipinski definition) is 4. The van der Waals surface area contributed by atoms with E-state index in [0.29, 0.717) is 45.4 Å². The highest BCUT2D eigenvalue weighted by atomic mass is 16.5. The van der Waals surface area contributed by atoms with Crippen LogP contribution < -0.4 is 10.1 Å². The summed E-state index contributed by atoms with van der Waals surface area (Å²) in [4.78, 5) is 27.1. The third kappa shape index (κ3) is 5.74. The van der Waals surface area contributed by atoms with Crippen LogP contribution in [0.2, 0.25) is 0 Å². The molecule has 1 N–H and O–H groups in total. The molecule has 2 aromatic carbocycles. The first-order chi connectivity index (χ1) is 16.1. The Bertz CT molecular complexity index is 968. The molecule has 0 unspecified atom stereocenters. The third-order valence-electron chi connectivity index (χ3n) is 6.87. The van der Waals surface area contributed by atoms with Gasteiger partial charge < -0.3 is 19.7 Å². The first-order valence-electron chi connectivity index (χ1n) is 12.0. The Kier molecular flexibility index (Phi) is 7.65. The Hall–Kier alpha value is -2.86. The van der Waals surface area contributed by atoms with Crippen LogP contribution in [0.5, 0.6) is 5.75 Å². The van der Waals surface area contributed by atoms with Crippen molar-refractivity contribution in [1.29, 1.82) is 0 Å². The van der Waals surface area contributed by atoms with Gasteiger partial charge in [0.15, 0.2) is 0 Å².